The number of nitrogens with two attached hydrogens (primary N) is 3. The number of phenols is 2. The van der Waals surface area contributed by atoms with Crippen LogP contribution in [0.5, 0.6) is 11.5 Å². The van der Waals surface area contributed by atoms with Crippen LogP contribution in [0.15, 0.2) is 142 Å². The highest BCUT2D eigenvalue weighted by Crippen LogP contribution is 2.32. The highest BCUT2D eigenvalue weighted by molar-refractivity contribution is 8.13. The van der Waals surface area contributed by atoms with E-state index < -0.39 is 53.6 Å². The van der Waals surface area contributed by atoms with Gasteiger partial charge in [-0.15, -0.1) is 56.7 Å². The van der Waals surface area contributed by atoms with Gasteiger partial charge in [0.2, 0.25) is 15.0 Å². The predicted molar refractivity (Wildman–Crippen MR) is 489 cm³/mol. The Balaban J connectivity index is 0.000000299. The number of phenolic OH excluding ortho intramolecular Hbond substituents is 2. The first kappa shape index (κ1) is 107. The Bertz CT molecular complexity index is 5360. The number of piperidine rings is 2. The Labute approximate surface area is 770 Å². The van der Waals surface area contributed by atoms with Crippen molar-refractivity contribution in [3.8, 4) is 22.1 Å². The maximum Gasteiger partial charge on any atom is 0.410 e. The van der Waals surface area contributed by atoms with Crippen LogP contribution in [-0.4, -0.2) is 181 Å². The third-order valence-electron chi connectivity index (χ3n) is 14.9. The summed E-state index contributed by atoms with van der Waals surface area (Å²) in [6, 6.07) is 22.2. The van der Waals surface area contributed by atoms with Crippen LogP contribution in [0.25, 0.3) is 10.6 Å². The molecule has 10 N–H and O–H groups in total. The minimum Gasteiger partial charge on any atom is -0.508 e. The van der Waals surface area contributed by atoms with Crippen molar-refractivity contribution in [3.63, 3.8) is 0 Å². The molecule has 0 spiro atoms. The first-order valence-corrected chi connectivity index (χ1v) is 47.3. The number of aromatic hydroxyl groups is 2. The first-order valence-electron chi connectivity index (χ1n) is 36.0. The molecule has 6 aromatic heterocycles. The monoisotopic (exact) mass is 1990 g/mol. The molecule has 12 rings (SSSR count). The molecule has 10 aromatic rings. The number of likely N-dealkylation sites (tertiary alicyclic amines) is 2. The van der Waals surface area contributed by atoms with E-state index in [4.69, 9.17) is 134 Å². The average Bonchev–Trinajstić information content (AvgIpc) is 1.76. The van der Waals surface area contributed by atoms with Crippen LogP contribution in [0, 0.1) is 11.6 Å². The Morgan fingerprint density at radius 1 is 0.650 bits per heavy atom. The van der Waals surface area contributed by atoms with Gasteiger partial charge >= 0.3 is 12.2 Å². The largest absolute Gasteiger partial charge is 0.508 e. The van der Waals surface area contributed by atoms with Crippen LogP contribution in [0.2, 0.25) is 35.8 Å². The summed E-state index contributed by atoms with van der Waals surface area (Å²) in [5.41, 5.74) is 24.6. The zero-order valence-electron chi connectivity index (χ0n) is 67.5. The molecular weight excluding hydrogens is 1910 g/mol. The van der Waals surface area contributed by atoms with Crippen molar-refractivity contribution in [1.29, 1.82) is 0 Å². The van der Waals surface area contributed by atoms with Crippen molar-refractivity contribution in [1.82, 2.24) is 49.6 Å². The number of aromatic nitrogens is 7. The molecule has 2 saturated heterocycles. The van der Waals surface area contributed by atoms with Gasteiger partial charge in [-0.3, -0.25) is 14.4 Å². The number of aldehydes is 1. The van der Waals surface area contributed by atoms with Crippen molar-refractivity contribution < 1.29 is 74.4 Å². The van der Waals surface area contributed by atoms with Crippen LogP contribution >= 0.6 is 149 Å². The number of aliphatic hydroxyl groups is 1. The number of Topliss-reactive ketones (excluding diaryl/α,β-unsaturated/α-hetero) is 1. The number of guanidine groups is 1. The molecule has 123 heavy (non-hydrogen) atoms. The highest BCUT2D eigenvalue weighted by atomic mass is 35.7. The summed E-state index contributed by atoms with van der Waals surface area (Å²) < 4.78 is 82.1. The molecular formula is C77H89Cl8F2N15O14S7. The molecule has 1 unspecified atom stereocenters. The van der Waals surface area contributed by atoms with Crippen molar-refractivity contribution in [2.45, 2.75) is 128 Å². The van der Waals surface area contributed by atoms with Crippen LogP contribution in [-0.2, 0) is 45.6 Å². The molecule has 4 aromatic carbocycles. The Morgan fingerprint density at radius 2 is 1.15 bits per heavy atom. The molecule has 2 aliphatic rings. The van der Waals surface area contributed by atoms with E-state index in [0.29, 0.717) is 94.8 Å². The number of amides is 2. The minimum atomic E-state index is -3.55. The molecule has 2 amide bonds. The Morgan fingerprint density at radius 3 is 1.58 bits per heavy atom. The third-order valence-corrected chi connectivity index (χ3v) is 24.5. The number of halogens is 10. The number of nitrogens with zero attached hydrogens (tertiary/aromatic N) is 11. The second-order valence-corrected chi connectivity index (χ2v) is 39.5. The summed E-state index contributed by atoms with van der Waals surface area (Å²) in [5.74, 6) is -2.15. The number of allylic oxidation sites excluding steroid dienone is 1. The van der Waals surface area contributed by atoms with E-state index in [0.717, 1.165) is 53.3 Å². The maximum absolute atomic E-state index is 13.5. The molecule has 8 heterocycles. The molecule has 2 aliphatic heterocycles. The van der Waals surface area contributed by atoms with Gasteiger partial charge in [-0.2, -0.15) is 0 Å². The number of rotatable bonds is 16. The van der Waals surface area contributed by atoms with Crippen LogP contribution in [0.1, 0.15) is 138 Å². The molecule has 3 atom stereocenters. The number of benzene rings is 4. The van der Waals surface area contributed by atoms with Crippen molar-refractivity contribution >= 4 is 215 Å². The third kappa shape index (κ3) is 42.0. The fourth-order valence-corrected chi connectivity index (χ4v) is 17.3. The number of nitrogen functional groups attached to an aromatic ring is 1. The first-order chi connectivity index (χ1) is 57.5. The van der Waals surface area contributed by atoms with Gasteiger partial charge in [0.15, 0.2) is 49.1 Å². The van der Waals surface area contributed by atoms with Gasteiger partial charge in [0.1, 0.15) is 59.3 Å². The smallest absolute Gasteiger partial charge is 0.410 e. The van der Waals surface area contributed by atoms with E-state index in [2.05, 4.69) is 45.2 Å². The van der Waals surface area contributed by atoms with Gasteiger partial charge in [0.05, 0.1) is 78.1 Å². The molecule has 46 heteroatoms. The number of carbonyl (C=O) groups excluding carboxylic acids is 5. The number of ketones is 2. The molecule has 0 aliphatic carbocycles. The lowest BCUT2D eigenvalue weighted by atomic mass is 10.1. The summed E-state index contributed by atoms with van der Waals surface area (Å²) >= 11 is 46.4. The van der Waals surface area contributed by atoms with E-state index in [1.54, 1.807) is 111 Å². The van der Waals surface area contributed by atoms with Gasteiger partial charge in [0, 0.05) is 110 Å². The van der Waals surface area contributed by atoms with Crippen molar-refractivity contribution in [2.75, 3.05) is 51.3 Å². The zero-order valence-corrected chi connectivity index (χ0v) is 79.3. The van der Waals surface area contributed by atoms with E-state index in [1.165, 1.54) is 99.5 Å². The van der Waals surface area contributed by atoms with Gasteiger partial charge in [0.25, 0.3) is 0 Å². The van der Waals surface area contributed by atoms with Gasteiger partial charge < -0.3 is 62.0 Å². The number of anilines is 2. The van der Waals surface area contributed by atoms with Gasteiger partial charge in [-0.1, -0.05) is 124 Å². The SMILES string of the molecule is CC(=O)c1scnc1Cl.CC(C)(C)OC(=O)N1CCC[C@H](N=C(N)N)C1.CC(C)(C)OC(=O)N1CCC[C@H](Nc2nccc(-c3scnc3Cl)n2)C1.CC(O)c1scnc1Cl.CN(C)/C=C/C(=O)c1scnc1Cl.Nc1ccc(O)cc1F.O=Cc1scnc1Cl.O=S(=O)(Cc1ccc(O)cc1F)Cc1ccccc1Cl.O=S(=O)(Cl)Cc1ccccc1Cl. The number of sulfone groups is 1. The number of carbonyl (C=O) groups is 5. The van der Waals surface area contributed by atoms with E-state index >= 15 is 0 Å². The topological polar surface area (TPSA) is 435 Å². The minimum absolute atomic E-state index is 0.0127. The van der Waals surface area contributed by atoms with Gasteiger partial charge in [-0.25, -0.2) is 75.1 Å². The lowest BCUT2D eigenvalue weighted by Crippen LogP contribution is -2.47. The maximum atomic E-state index is 13.5. The fraction of sp³-hybridized carbons (Fsp3) is 0.338. The number of thiazole rings is 5. The fourth-order valence-electron chi connectivity index (χ4n) is 9.57. The molecule has 0 radical (unpaired) electrons. The van der Waals surface area contributed by atoms with E-state index in [1.807, 2.05) is 55.6 Å². The Hall–Kier alpha value is -8.29. The number of aliphatic imine (C=N–C) groups is 1. The highest BCUT2D eigenvalue weighted by Gasteiger charge is 2.30. The quantitative estimate of drug-likeness (QED) is 0.00690. The summed E-state index contributed by atoms with van der Waals surface area (Å²) in [4.78, 5) is 96.2. The van der Waals surface area contributed by atoms with Crippen molar-refractivity contribution in [3.05, 3.63) is 221 Å². The number of ether oxygens (including phenoxy) is 2. The Kier molecular flexibility index (Phi) is 45.8. The predicted octanol–water partition coefficient (Wildman–Crippen LogP) is 19.1. The van der Waals surface area contributed by atoms with Crippen LogP contribution < -0.4 is 22.5 Å². The van der Waals surface area contributed by atoms with Crippen LogP contribution in [0.3, 0.4) is 0 Å². The van der Waals surface area contributed by atoms with E-state index in [-0.39, 0.29) is 81.2 Å². The lowest BCUT2D eigenvalue weighted by molar-refractivity contribution is 0.0193. The van der Waals surface area contributed by atoms with E-state index in [9.17, 15) is 49.6 Å². The summed E-state index contributed by atoms with van der Waals surface area (Å²) in [6.45, 7) is 16.8. The summed E-state index contributed by atoms with van der Waals surface area (Å²) in [5, 5.41) is 32.6. The number of aliphatic hydroxyl groups excluding tert-OH is 1. The molecule has 29 nitrogen and oxygen atoms in total. The van der Waals surface area contributed by atoms with Gasteiger partial charge in [-0.05, 0) is 122 Å². The number of hydrogen-bond donors (Lipinski definition) is 7. The second-order valence-electron chi connectivity index (χ2n) is 27.8. The molecule has 2 fully saturated rings. The number of hydrogen-bond acceptors (Lipinski definition) is 30. The zero-order chi connectivity index (χ0) is 92.1. The molecule has 668 valence electrons. The summed E-state index contributed by atoms with van der Waals surface area (Å²) in [7, 11) is 1.68. The number of nitrogens with one attached hydrogen (secondary N) is 1. The second kappa shape index (κ2) is 52.6. The van der Waals surface area contributed by atoms with Crippen molar-refractivity contribution in [2.24, 2.45) is 16.5 Å². The normalized spacial score (nSPS) is 13.8. The molecule has 0 saturated carbocycles. The van der Waals surface area contributed by atoms with Crippen LogP contribution in [0.4, 0.5) is 30.0 Å². The standard InChI is InChI=1S/C17H22ClN5O2S.C14H12ClFO3S.C11H22N4O2.C8H9ClN2OS.C7H6Cl2O2S.C6H6FNO.C5H6ClNOS.C5H4ClNOS.C4H2ClNOS/c1-17(2,3)25-16(24)23-8-4-5-11(9-23)21-15-19-7-6-12(22-15)13-14(18)20-10-26-13;15-13-4-2-1-3-10(13)8-20(18,19)9-11-5-6-12(17)7-14(11)16;1-11(2,3)17-10(16)15-6-4-5-8(7-15)14-9(12)13;1-11(2)4-3-6(12)7-8(9)10-5-13-7;8-7-4-2-1-3-6(7)5-12(9,10)11;7-5-3-4(9)1-2-6(5)8;2*1-3(8)4-5(6)7-2-9-4;5-4-3(1-7)8-2-6-4/h6-7,10-11H,4-5,8-9H2,1-3H3,(H,19,21,22);1-7,17H,8-9H2;8H,4-7H2,1-3H3,(H4,12,13,14);3-5H,1-2H3;1-4H,5H2;1-3,9H,8H2;2-3,8H,1H3;2H,1H3;1-2H/b;;;4-3+;;;;;/t11-;;8-;;;;;;/m0.0....../s1. The average molecular weight is 1990 g/mol. The summed E-state index contributed by atoms with van der Waals surface area (Å²) in [6.07, 6.45) is 8.09. The molecule has 0 bridgehead atoms. The lowest BCUT2D eigenvalue weighted by Gasteiger charge is -2.34.